The number of rotatable bonds is 6. The van der Waals surface area contributed by atoms with E-state index in [0.29, 0.717) is 32.9 Å². The molecule has 0 saturated heterocycles. The van der Waals surface area contributed by atoms with Gasteiger partial charge in [0.25, 0.3) is 0 Å². The molecule has 9 heteroatoms. The van der Waals surface area contributed by atoms with Crippen LogP contribution in [-0.4, -0.2) is 28.2 Å². The lowest BCUT2D eigenvalue weighted by Crippen LogP contribution is -2.01. The third kappa shape index (κ3) is 4.24. The molecule has 0 radical (unpaired) electrons. The number of aromatic amines is 1. The summed E-state index contributed by atoms with van der Waals surface area (Å²) in [5, 5.41) is 11.7. The van der Waals surface area contributed by atoms with Crippen molar-refractivity contribution in [3.8, 4) is 11.5 Å². The van der Waals surface area contributed by atoms with Crippen molar-refractivity contribution in [1.82, 2.24) is 14.9 Å². The van der Waals surface area contributed by atoms with E-state index >= 15 is 0 Å². The number of benzene rings is 2. The summed E-state index contributed by atoms with van der Waals surface area (Å²) in [6.45, 7) is 0.295. The molecule has 0 saturated carbocycles. The van der Waals surface area contributed by atoms with E-state index in [1.807, 2.05) is 24.3 Å². The summed E-state index contributed by atoms with van der Waals surface area (Å²) >= 11 is 17.1. The maximum Gasteiger partial charge on any atom is 0.216 e. The number of halogens is 2. The molecule has 0 atom stereocenters. The van der Waals surface area contributed by atoms with Crippen LogP contribution in [0.15, 0.2) is 47.8 Å². The highest BCUT2D eigenvalue weighted by atomic mass is 35.5. The molecule has 0 unspecified atom stereocenters. The summed E-state index contributed by atoms with van der Waals surface area (Å²) in [6, 6.07) is 10.9. The first kappa shape index (κ1) is 18.4. The van der Waals surface area contributed by atoms with Crippen LogP contribution in [0.4, 0.5) is 0 Å². The van der Waals surface area contributed by atoms with Gasteiger partial charge in [-0.1, -0.05) is 35.3 Å². The Balaban J connectivity index is 1.87. The molecule has 0 amide bonds. The Kier molecular flexibility index (Phi) is 5.92. The molecule has 0 bridgehead atoms. The van der Waals surface area contributed by atoms with Gasteiger partial charge in [-0.3, -0.25) is 5.10 Å². The quantitative estimate of drug-likeness (QED) is 0.473. The van der Waals surface area contributed by atoms with Gasteiger partial charge in [0.2, 0.25) is 4.77 Å². The van der Waals surface area contributed by atoms with Gasteiger partial charge in [0, 0.05) is 5.56 Å². The minimum absolute atomic E-state index is 0.295. The normalized spacial score (nSPS) is 11.0. The molecule has 0 aliphatic carbocycles. The fourth-order valence-corrected chi connectivity index (χ4v) is 2.65. The molecule has 1 aromatic heterocycles. The van der Waals surface area contributed by atoms with Crippen molar-refractivity contribution in [3.05, 3.63) is 68.7 Å². The average molecular weight is 409 g/mol. The number of nitrogens with zero attached hydrogens (tertiary/aromatic N) is 3. The van der Waals surface area contributed by atoms with Crippen LogP contribution in [0.3, 0.4) is 0 Å². The fourth-order valence-electron chi connectivity index (χ4n) is 2.18. The molecule has 3 rings (SSSR count). The molecule has 1 N–H and O–H groups in total. The largest absolute Gasteiger partial charge is 0.493 e. The Morgan fingerprint density at radius 3 is 2.81 bits per heavy atom. The fraction of sp³-hybridized carbons (Fsp3) is 0.118. The molecule has 0 aliphatic rings. The van der Waals surface area contributed by atoms with E-state index in [4.69, 9.17) is 44.9 Å². The maximum atomic E-state index is 6.05. The van der Waals surface area contributed by atoms with Crippen LogP contribution < -0.4 is 9.47 Å². The number of methoxy groups -OCH3 is 1. The van der Waals surface area contributed by atoms with Gasteiger partial charge in [-0.15, -0.1) is 0 Å². The lowest BCUT2D eigenvalue weighted by molar-refractivity contribution is 0.284. The van der Waals surface area contributed by atoms with Crippen LogP contribution in [-0.2, 0) is 6.61 Å². The van der Waals surface area contributed by atoms with E-state index in [2.05, 4.69) is 15.3 Å². The molecule has 0 aliphatic heterocycles. The van der Waals surface area contributed by atoms with Crippen LogP contribution in [0, 0.1) is 4.77 Å². The summed E-state index contributed by atoms with van der Waals surface area (Å²) in [5.41, 5.74) is 1.61. The number of aromatic nitrogens is 3. The van der Waals surface area contributed by atoms with Crippen molar-refractivity contribution in [2.45, 2.75) is 6.61 Å². The number of para-hydroxylation sites is 1. The van der Waals surface area contributed by atoms with Gasteiger partial charge in [-0.2, -0.15) is 14.9 Å². The lowest BCUT2D eigenvalue weighted by atomic mass is 10.2. The van der Waals surface area contributed by atoms with Gasteiger partial charge in [-0.25, -0.2) is 0 Å². The second-order valence-electron chi connectivity index (χ2n) is 5.17. The maximum absolute atomic E-state index is 6.05. The zero-order chi connectivity index (χ0) is 18.5. The molecule has 1 heterocycles. The van der Waals surface area contributed by atoms with Crippen LogP contribution in [0.25, 0.3) is 0 Å². The summed E-state index contributed by atoms with van der Waals surface area (Å²) in [5.74, 6) is 1.14. The van der Waals surface area contributed by atoms with Gasteiger partial charge in [0.05, 0.1) is 23.4 Å². The van der Waals surface area contributed by atoms with Crippen LogP contribution in [0.2, 0.25) is 10.0 Å². The third-order valence-electron chi connectivity index (χ3n) is 3.45. The number of H-pyrrole nitrogens is 1. The Morgan fingerprint density at radius 2 is 2.12 bits per heavy atom. The van der Waals surface area contributed by atoms with Crippen molar-refractivity contribution in [2.24, 2.45) is 5.10 Å². The number of ether oxygens (including phenoxy) is 2. The molecule has 3 aromatic rings. The second kappa shape index (κ2) is 8.35. The minimum atomic E-state index is 0.295. The van der Waals surface area contributed by atoms with Crippen LogP contribution in [0.5, 0.6) is 11.5 Å². The SMILES string of the molecule is COc1cccc(/C=N\n2cn[nH]c2=S)c1OCc1ccc(Cl)c(Cl)c1. The van der Waals surface area contributed by atoms with Crippen molar-refractivity contribution in [3.63, 3.8) is 0 Å². The molecule has 0 fully saturated rings. The first-order valence-electron chi connectivity index (χ1n) is 7.48. The highest BCUT2D eigenvalue weighted by Crippen LogP contribution is 2.31. The standard InChI is InChI=1S/C17H14Cl2N4O2S/c1-24-15-4-2-3-12(8-21-23-10-20-22-17(23)26)16(15)25-9-11-5-6-13(18)14(19)7-11/h2-8,10H,9H2,1H3,(H,22,26)/b21-8-. The molecular weight excluding hydrogens is 395 g/mol. The summed E-state index contributed by atoms with van der Waals surface area (Å²) in [7, 11) is 1.58. The van der Waals surface area contributed by atoms with Gasteiger partial charge in [0.15, 0.2) is 11.5 Å². The molecule has 134 valence electrons. The van der Waals surface area contributed by atoms with E-state index in [0.717, 1.165) is 11.1 Å². The van der Waals surface area contributed by atoms with Gasteiger partial charge >= 0.3 is 0 Å². The highest BCUT2D eigenvalue weighted by molar-refractivity contribution is 7.71. The Labute approximate surface area is 165 Å². The first-order chi connectivity index (χ1) is 12.6. The van der Waals surface area contributed by atoms with Gasteiger partial charge in [-0.05, 0) is 42.0 Å². The predicted molar refractivity (Wildman–Crippen MR) is 104 cm³/mol. The summed E-state index contributed by atoms with van der Waals surface area (Å²) < 4.78 is 13.2. The zero-order valence-electron chi connectivity index (χ0n) is 13.6. The number of hydrogen-bond donors (Lipinski definition) is 1. The predicted octanol–water partition coefficient (Wildman–Crippen LogP) is 4.72. The lowest BCUT2D eigenvalue weighted by Gasteiger charge is -2.13. The van der Waals surface area contributed by atoms with E-state index in [9.17, 15) is 0 Å². The van der Waals surface area contributed by atoms with Crippen LogP contribution >= 0.6 is 35.4 Å². The average Bonchev–Trinajstić information content (AvgIpc) is 3.06. The molecular formula is C17H14Cl2N4O2S. The Bertz CT molecular complexity index is 1000. The smallest absolute Gasteiger partial charge is 0.216 e. The molecule has 2 aromatic carbocycles. The number of hydrogen-bond acceptors (Lipinski definition) is 5. The second-order valence-corrected chi connectivity index (χ2v) is 6.37. The van der Waals surface area contributed by atoms with Crippen LogP contribution in [0.1, 0.15) is 11.1 Å². The minimum Gasteiger partial charge on any atom is -0.493 e. The Morgan fingerprint density at radius 1 is 1.27 bits per heavy atom. The first-order valence-corrected chi connectivity index (χ1v) is 8.65. The van der Waals surface area contributed by atoms with Crippen molar-refractivity contribution in [1.29, 1.82) is 0 Å². The monoisotopic (exact) mass is 408 g/mol. The van der Waals surface area contributed by atoms with Gasteiger partial charge < -0.3 is 9.47 Å². The molecule has 6 nitrogen and oxygen atoms in total. The molecule has 26 heavy (non-hydrogen) atoms. The van der Waals surface area contributed by atoms with E-state index in [1.54, 1.807) is 25.5 Å². The topological polar surface area (TPSA) is 64.4 Å². The van der Waals surface area contributed by atoms with Crippen molar-refractivity contribution >= 4 is 41.6 Å². The van der Waals surface area contributed by atoms with Crippen molar-refractivity contribution in [2.75, 3.05) is 7.11 Å². The summed E-state index contributed by atoms with van der Waals surface area (Å²) in [4.78, 5) is 0. The van der Waals surface area contributed by atoms with E-state index in [1.165, 1.54) is 11.0 Å². The number of nitrogens with one attached hydrogen (secondary N) is 1. The van der Waals surface area contributed by atoms with Gasteiger partial charge in [0.1, 0.15) is 12.9 Å². The highest BCUT2D eigenvalue weighted by Gasteiger charge is 2.10. The zero-order valence-corrected chi connectivity index (χ0v) is 16.0. The Hall–Kier alpha value is -2.35. The third-order valence-corrected chi connectivity index (χ3v) is 4.47. The molecule has 0 spiro atoms. The summed E-state index contributed by atoms with van der Waals surface area (Å²) in [6.07, 6.45) is 3.10. The van der Waals surface area contributed by atoms with Crippen molar-refractivity contribution < 1.29 is 9.47 Å². The van der Waals surface area contributed by atoms with E-state index in [-0.39, 0.29) is 0 Å². The van der Waals surface area contributed by atoms with E-state index < -0.39 is 0 Å².